The van der Waals surface area contributed by atoms with Gasteiger partial charge in [-0.1, -0.05) is 32.0 Å². The molecule has 2 heterocycles. The second kappa shape index (κ2) is 8.39. The van der Waals surface area contributed by atoms with Gasteiger partial charge in [0.1, 0.15) is 0 Å². The first-order chi connectivity index (χ1) is 13.4. The average molecular weight is 409 g/mol. The van der Waals surface area contributed by atoms with Gasteiger partial charge in [-0.2, -0.15) is 4.31 Å². The molecule has 2 aliphatic heterocycles. The monoisotopic (exact) mass is 408 g/mol. The lowest BCUT2D eigenvalue weighted by atomic mass is 9.92. The molecular formula is C20H32N4O3S. The third kappa shape index (κ3) is 3.77. The highest BCUT2D eigenvalue weighted by Crippen LogP contribution is 2.33. The summed E-state index contributed by atoms with van der Waals surface area (Å²) < 4.78 is 28.0. The van der Waals surface area contributed by atoms with Gasteiger partial charge in [-0.15, -0.1) is 0 Å². The van der Waals surface area contributed by atoms with Crippen molar-refractivity contribution in [2.24, 2.45) is 0 Å². The SMILES string of the molecule is CCc1ccccc1S(=O)(=O)N1CCN(C2(CC)CCN(C(=O)NC)C2)CC1. The Morgan fingerprint density at radius 3 is 2.39 bits per heavy atom. The number of urea groups is 1. The predicted molar refractivity (Wildman–Crippen MR) is 110 cm³/mol. The number of rotatable bonds is 5. The number of benzene rings is 1. The van der Waals surface area contributed by atoms with Crippen LogP contribution in [0.3, 0.4) is 0 Å². The van der Waals surface area contributed by atoms with E-state index in [0.29, 0.717) is 44.0 Å². The van der Waals surface area contributed by atoms with Gasteiger partial charge in [-0.05, 0) is 30.9 Å². The molecule has 0 aromatic heterocycles. The van der Waals surface area contributed by atoms with Gasteiger partial charge in [-0.25, -0.2) is 13.2 Å². The van der Waals surface area contributed by atoms with Gasteiger partial charge in [0.2, 0.25) is 10.0 Å². The molecule has 1 unspecified atom stereocenters. The number of amides is 2. The van der Waals surface area contributed by atoms with Crippen LogP contribution in [0.25, 0.3) is 0 Å². The number of sulfonamides is 1. The highest BCUT2D eigenvalue weighted by Gasteiger charge is 2.44. The van der Waals surface area contributed by atoms with E-state index in [9.17, 15) is 13.2 Å². The van der Waals surface area contributed by atoms with Crippen LogP contribution in [-0.2, 0) is 16.4 Å². The van der Waals surface area contributed by atoms with Crippen LogP contribution in [0.5, 0.6) is 0 Å². The standard InChI is InChI=1S/C20H32N4O3S/c1-4-17-8-6-7-9-18(17)28(26,27)24-14-12-23(13-15-24)20(5-2)10-11-22(16-20)19(25)21-3/h6-9H,4-5,10-16H2,1-3H3,(H,21,25). The van der Waals surface area contributed by atoms with Crippen molar-refractivity contribution < 1.29 is 13.2 Å². The second-order valence-corrected chi connectivity index (χ2v) is 9.56. The minimum Gasteiger partial charge on any atom is -0.341 e. The fourth-order valence-corrected chi connectivity index (χ4v) is 6.26. The van der Waals surface area contributed by atoms with E-state index in [-0.39, 0.29) is 11.6 Å². The molecule has 1 aromatic carbocycles. The fraction of sp³-hybridized carbons (Fsp3) is 0.650. The van der Waals surface area contributed by atoms with E-state index in [1.165, 1.54) is 0 Å². The lowest BCUT2D eigenvalue weighted by Crippen LogP contribution is -2.59. The number of nitrogens with one attached hydrogen (secondary N) is 1. The zero-order chi connectivity index (χ0) is 20.4. The van der Waals surface area contributed by atoms with Crippen LogP contribution < -0.4 is 5.32 Å². The first kappa shape index (κ1) is 21.1. The van der Waals surface area contributed by atoms with Crippen molar-refractivity contribution >= 4 is 16.1 Å². The van der Waals surface area contributed by atoms with Gasteiger partial charge in [0.15, 0.2) is 0 Å². The fourth-order valence-electron chi connectivity index (χ4n) is 4.55. The third-order valence-electron chi connectivity index (χ3n) is 6.37. The summed E-state index contributed by atoms with van der Waals surface area (Å²) in [7, 11) is -1.82. The zero-order valence-electron chi connectivity index (χ0n) is 17.1. The van der Waals surface area contributed by atoms with Crippen LogP contribution in [-0.4, -0.2) is 80.4 Å². The van der Waals surface area contributed by atoms with Crippen LogP contribution in [0.15, 0.2) is 29.2 Å². The van der Waals surface area contributed by atoms with Gasteiger partial charge >= 0.3 is 6.03 Å². The van der Waals surface area contributed by atoms with E-state index < -0.39 is 10.0 Å². The maximum Gasteiger partial charge on any atom is 0.317 e. The summed E-state index contributed by atoms with van der Waals surface area (Å²) in [5, 5.41) is 2.71. The molecule has 0 bridgehead atoms. The largest absolute Gasteiger partial charge is 0.341 e. The molecule has 2 fully saturated rings. The molecule has 28 heavy (non-hydrogen) atoms. The number of aryl methyl sites for hydroxylation is 1. The minimum atomic E-state index is -3.47. The highest BCUT2D eigenvalue weighted by molar-refractivity contribution is 7.89. The van der Waals surface area contributed by atoms with Crippen molar-refractivity contribution in [2.75, 3.05) is 46.3 Å². The van der Waals surface area contributed by atoms with Crippen molar-refractivity contribution in [3.63, 3.8) is 0 Å². The van der Waals surface area contributed by atoms with Crippen molar-refractivity contribution in [2.45, 2.75) is 43.5 Å². The topological polar surface area (TPSA) is 73.0 Å². The summed E-state index contributed by atoms with van der Waals surface area (Å²) in [6.45, 7) is 7.96. The summed E-state index contributed by atoms with van der Waals surface area (Å²) in [6.07, 6.45) is 2.58. The molecule has 1 aromatic rings. The van der Waals surface area contributed by atoms with E-state index in [1.807, 2.05) is 24.0 Å². The van der Waals surface area contributed by atoms with Gasteiger partial charge in [0, 0.05) is 51.9 Å². The Morgan fingerprint density at radius 1 is 1.11 bits per heavy atom. The van der Waals surface area contributed by atoms with Gasteiger partial charge in [0.05, 0.1) is 4.90 Å². The lowest BCUT2D eigenvalue weighted by molar-refractivity contribution is 0.0574. The summed E-state index contributed by atoms with van der Waals surface area (Å²) in [6, 6.07) is 7.25. The molecule has 2 amide bonds. The molecule has 156 valence electrons. The molecule has 0 radical (unpaired) electrons. The average Bonchev–Trinajstić information content (AvgIpc) is 3.19. The molecule has 2 saturated heterocycles. The first-order valence-electron chi connectivity index (χ1n) is 10.2. The highest BCUT2D eigenvalue weighted by atomic mass is 32.2. The molecular weight excluding hydrogens is 376 g/mol. The summed E-state index contributed by atoms with van der Waals surface area (Å²) in [5.74, 6) is 0. The van der Waals surface area contributed by atoms with E-state index in [2.05, 4.69) is 17.1 Å². The van der Waals surface area contributed by atoms with Gasteiger partial charge in [0.25, 0.3) is 0 Å². The molecule has 1 atom stereocenters. The van der Waals surface area contributed by atoms with E-state index in [0.717, 1.165) is 24.9 Å². The quantitative estimate of drug-likeness (QED) is 0.806. The van der Waals surface area contributed by atoms with Crippen molar-refractivity contribution in [1.29, 1.82) is 0 Å². The smallest absolute Gasteiger partial charge is 0.317 e. The number of nitrogens with zero attached hydrogens (tertiary/aromatic N) is 3. The molecule has 7 nitrogen and oxygen atoms in total. The van der Waals surface area contributed by atoms with E-state index in [1.54, 1.807) is 23.5 Å². The molecule has 8 heteroatoms. The minimum absolute atomic E-state index is 0.0345. The lowest BCUT2D eigenvalue weighted by Gasteiger charge is -2.45. The van der Waals surface area contributed by atoms with E-state index >= 15 is 0 Å². The summed E-state index contributed by atoms with van der Waals surface area (Å²) >= 11 is 0. The summed E-state index contributed by atoms with van der Waals surface area (Å²) in [4.78, 5) is 16.7. The molecule has 0 saturated carbocycles. The van der Waals surface area contributed by atoms with Crippen molar-refractivity contribution in [3.05, 3.63) is 29.8 Å². The Kier molecular flexibility index (Phi) is 6.31. The third-order valence-corrected chi connectivity index (χ3v) is 8.37. The zero-order valence-corrected chi connectivity index (χ0v) is 18.0. The normalized spacial score (nSPS) is 24.5. The Balaban J connectivity index is 1.71. The summed E-state index contributed by atoms with van der Waals surface area (Å²) in [5.41, 5.74) is 0.816. The predicted octanol–water partition coefficient (Wildman–Crippen LogP) is 1.75. The second-order valence-electron chi connectivity index (χ2n) is 7.66. The maximum atomic E-state index is 13.2. The maximum absolute atomic E-state index is 13.2. The first-order valence-corrected chi connectivity index (χ1v) is 11.6. The molecule has 3 rings (SSSR count). The Hall–Kier alpha value is -1.64. The Bertz CT molecular complexity index is 805. The molecule has 0 aliphatic carbocycles. The number of likely N-dealkylation sites (tertiary alicyclic amines) is 1. The van der Waals surface area contributed by atoms with Crippen LogP contribution >= 0.6 is 0 Å². The van der Waals surface area contributed by atoms with Crippen LogP contribution in [0.2, 0.25) is 0 Å². The van der Waals surface area contributed by atoms with Crippen LogP contribution in [0.4, 0.5) is 4.79 Å². The van der Waals surface area contributed by atoms with Crippen molar-refractivity contribution in [3.8, 4) is 0 Å². The van der Waals surface area contributed by atoms with E-state index in [4.69, 9.17) is 0 Å². The Morgan fingerprint density at radius 2 is 1.79 bits per heavy atom. The number of hydrogen-bond acceptors (Lipinski definition) is 4. The molecule has 1 N–H and O–H groups in total. The van der Waals surface area contributed by atoms with Gasteiger partial charge < -0.3 is 10.2 Å². The van der Waals surface area contributed by atoms with Gasteiger partial charge in [-0.3, -0.25) is 4.90 Å². The Labute approximate surface area is 168 Å². The molecule has 0 spiro atoms. The number of carbonyl (C=O) groups excluding carboxylic acids is 1. The van der Waals surface area contributed by atoms with Crippen LogP contribution in [0, 0.1) is 0 Å². The van der Waals surface area contributed by atoms with Crippen molar-refractivity contribution in [1.82, 2.24) is 19.4 Å². The number of hydrogen-bond donors (Lipinski definition) is 1. The molecule has 2 aliphatic rings. The number of carbonyl (C=O) groups is 1. The van der Waals surface area contributed by atoms with Crippen LogP contribution in [0.1, 0.15) is 32.3 Å². The number of piperazine rings is 1.